The lowest BCUT2D eigenvalue weighted by Gasteiger charge is -2.14. The highest BCUT2D eigenvalue weighted by Crippen LogP contribution is 2.21. The molecule has 1 unspecified atom stereocenters. The Labute approximate surface area is 98.6 Å². The zero-order valence-corrected chi connectivity index (χ0v) is 8.92. The van der Waals surface area contributed by atoms with E-state index in [-0.39, 0.29) is 5.95 Å². The maximum atomic E-state index is 12.9. The summed E-state index contributed by atoms with van der Waals surface area (Å²) in [4.78, 5) is 6.50. The number of benzene rings is 1. The van der Waals surface area contributed by atoms with Crippen LogP contribution < -0.4 is 5.32 Å². The number of aromatic amines is 1. The smallest absolute Gasteiger partial charge is 0.382 e. The van der Waals surface area contributed by atoms with Gasteiger partial charge in [0.05, 0.1) is 17.6 Å². The number of hydrogen-bond acceptors (Lipinski definition) is 3. The van der Waals surface area contributed by atoms with E-state index in [0.29, 0.717) is 11.0 Å². The van der Waals surface area contributed by atoms with Gasteiger partial charge in [0.25, 0.3) is 0 Å². The number of anilines is 1. The van der Waals surface area contributed by atoms with Crippen molar-refractivity contribution < 1.29 is 22.7 Å². The molecule has 0 spiro atoms. The third-order valence-electron chi connectivity index (χ3n) is 2.28. The van der Waals surface area contributed by atoms with E-state index in [2.05, 4.69) is 15.3 Å². The van der Waals surface area contributed by atoms with Crippen molar-refractivity contribution in [2.24, 2.45) is 0 Å². The van der Waals surface area contributed by atoms with Crippen molar-refractivity contribution in [2.75, 3.05) is 11.9 Å². The van der Waals surface area contributed by atoms with Gasteiger partial charge in [-0.05, 0) is 18.2 Å². The van der Waals surface area contributed by atoms with Crippen LogP contribution in [0.25, 0.3) is 11.0 Å². The van der Waals surface area contributed by atoms with E-state index in [1.807, 2.05) is 0 Å². The molecule has 0 radical (unpaired) electrons. The fraction of sp³-hybridized carbons (Fsp3) is 0.300. The van der Waals surface area contributed by atoms with Crippen LogP contribution >= 0.6 is 0 Å². The van der Waals surface area contributed by atoms with E-state index in [0.717, 1.165) is 0 Å². The Morgan fingerprint density at radius 2 is 2.11 bits per heavy atom. The van der Waals surface area contributed by atoms with E-state index in [4.69, 9.17) is 5.11 Å². The Hall–Kier alpha value is -1.83. The van der Waals surface area contributed by atoms with E-state index in [1.165, 1.54) is 18.2 Å². The number of halogens is 4. The summed E-state index contributed by atoms with van der Waals surface area (Å²) in [6, 6.07) is 3.76. The quantitative estimate of drug-likeness (QED) is 0.743. The fourth-order valence-electron chi connectivity index (χ4n) is 1.37. The SMILES string of the molecule is OC(CNc1nc2ccc(F)cc2[nH]1)C(F)(F)F. The van der Waals surface area contributed by atoms with Crippen molar-refractivity contribution >= 4 is 17.0 Å². The Morgan fingerprint density at radius 1 is 1.39 bits per heavy atom. The van der Waals surface area contributed by atoms with Crippen LogP contribution in [0, 0.1) is 5.82 Å². The monoisotopic (exact) mass is 263 g/mol. The minimum absolute atomic E-state index is 0.0406. The molecule has 98 valence electrons. The molecule has 0 bridgehead atoms. The van der Waals surface area contributed by atoms with E-state index in [1.54, 1.807) is 0 Å². The number of nitrogens with one attached hydrogen (secondary N) is 2. The highest BCUT2D eigenvalue weighted by molar-refractivity contribution is 5.77. The van der Waals surface area contributed by atoms with Gasteiger partial charge in [0.15, 0.2) is 6.10 Å². The van der Waals surface area contributed by atoms with Gasteiger partial charge in [-0.3, -0.25) is 0 Å². The standard InChI is InChI=1S/C10H9F4N3O/c11-5-1-2-6-7(3-5)17-9(16-6)15-4-8(18)10(12,13)14/h1-3,8,18H,4H2,(H2,15,16,17). The summed E-state index contributed by atoms with van der Waals surface area (Å²) in [6.07, 6.45) is -7.17. The van der Waals surface area contributed by atoms with E-state index >= 15 is 0 Å². The van der Waals surface area contributed by atoms with E-state index < -0.39 is 24.6 Å². The number of fused-ring (bicyclic) bond motifs is 1. The number of aliphatic hydroxyl groups is 1. The minimum atomic E-state index is -4.69. The Kier molecular flexibility index (Phi) is 3.12. The lowest BCUT2D eigenvalue weighted by Crippen LogP contribution is -2.35. The van der Waals surface area contributed by atoms with Crippen molar-refractivity contribution in [3.63, 3.8) is 0 Å². The molecule has 0 saturated carbocycles. The van der Waals surface area contributed by atoms with Gasteiger partial charge in [0, 0.05) is 0 Å². The second-order valence-electron chi connectivity index (χ2n) is 3.69. The highest BCUT2D eigenvalue weighted by Gasteiger charge is 2.37. The average Bonchev–Trinajstić information content (AvgIpc) is 2.66. The second kappa shape index (κ2) is 4.45. The molecule has 0 saturated heterocycles. The van der Waals surface area contributed by atoms with Gasteiger partial charge in [0.2, 0.25) is 5.95 Å². The Morgan fingerprint density at radius 3 is 2.78 bits per heavy atom. The zero-order chi connectivity index (χ0) is 13.3. The minimum Gasteiger partial charge on any atom is -0.382 e. The van der Waals surface area contributed by atoms with Gasteiger partial charge in [0.1, 0.15) is 5.82 Å². The highest BCUT2D eigenvalue weighted by atomic mass is 19.4. The third-order valence-corrected chi connectivity index (χ3v) is 2.28. The molecule has 8 heteroatoms. The molecule has 0 aliphatic carbocycles. The molecule has 0 fully saturated rings. The first-order chi connectivity index (χ1) is 8.36. The number of imidazole rings is 1. The maximum absolute atomic E-state index is 12.9. The largest absolute Gasteiger partial charge is 0.416 e. The number of hydrogen-bond donors (Lipinski definition) is 3. The van der Waals surface area contributed by atoms with Crippen LogP contribution in [0.5, 0.6) is 0 Å². The van der Waals surface area contributed by atoms with Crippen LogP contribution in [0.2, 0.25) is 0 Å². The molecule has 1 heterocycles. The Balaban J connectivity index is 2.09. The molecule has 0 aliphatic rings. The van der Waals surface area contributed by atoms with Crippen molar-refractivity contribution in [3.8, 4) is 0 Å². The molecule has 2 rings (SSSR count). The first kappa shape index (κ1) is 12.6. The van der Waals surface area contributed by atoms with Crippen molar-refractivity contribution in [3.05, 3.63) is 24.0 Å². The molecule has 2 aromatic rings. The lowest BCUT2D eigenvalue weighted by atomic mass is 10.3. The number of alkyl halides is 3. The van der Waals surface area contributed by atoms with Crippen LogP contribution in [0.1, 0.15) is 0 Å². The summed E-state index contributed by atoms with van der Waals surface area (Å²) in [5.41, 5.74) is 0.777. The molecule has 0 amide bonds. The molecule has 0 aliphatic heterocycles. The molecule has 3 N–H and O–H groups in total. The van der Waals surface area contributed by atoms with Crippen LogP contribution in [0.3, 0.4) is 0 Å². The molecule has 1 aromatic heterocycles. The van der Waals surface area contributed by atoms with Gasteiger partial charge in [-0.15, -0.1) is 0 Å². The first-order valence-corrected chi connectivity index (χ1v) is 5.00. The van der Waals surface area contributed by atoms with Gasteiger partial charge >= 0.3 is 6.18 Å². The summed E-state index contributed by atoms with van der Waals surface area (Å²) in [5, 5.41) is 11.1. The second-order valence-corrected chi connectivity index (χ2v) is 3.69. The zero-order valence-electron chi connectivity index (χ0n) is 8.92. The fourth-order valence-corrected chi connectivity index (χ4v) is 1.37. The third kappa shape index (κ3) is 2.70. The number of aromatic nitrogens is 2. The number of rotatable bonds is 3. The molecule has 1 aromatic carbocycles. The van der Waals surface area contributed by atoms with Gasteiger partial charge < -0.3 is 15.4 Å². The number of nitrogens with zero attached hydrogens (tertiary/aromatic N) is 1. The first-order valence-electron chi connectivity index (χ1n) is 5.00. The summed E-state index contributed by atoms with van der Waals surface area (Å²) >= 11 is 0. The Bertz CT molecular complexity index is 552. The van der Waals surface area contributed by atoms with Crippen LogP contribution in [-0.4, -0.2) is 33.9 Å². The van der Waals surface area contributed by atoms with Crippen LogP contribution in [0.4, 0.5) is 23.5 Å². The van der Waals surface area contributed by atoms with Crippen molar-refractivity contribution in [1.29, 1.82) is 0 Å². The lowest BCUT2D eigenvalue weighted by molar-refractivity contribution is -0.198. The summed E-state index contributed by atoms with van der Waals surface area (Å²) in [5.74, 6) is -0.438. The predicted octanol–water partition coefficient (Wildman–Crippen LogP) is 2.04. The molecule has 4 nitrogen and oxygen atoms in total. The maximum Gasteiger partial charge on any atom is 0.416 e. The van der Waals surface area contributed by atoms with Gasteiger partial charge in [-0.2, -0.15) is 13.2 Å². The van der Waals surface area contributed by atoms with Crippen LogP contribution in [0.15, 0.2) is 18.2 Å². The predicted molar refractivity (Wildman–Crippen MR) is 56.6 cm³/mol. The molecule has 18 heavy (non-hydrogen) atoms. The number of aliphatic hydroxyl groups excluding tert-OH is 1. The van der Waals surface area contributed by atoms with Crippen molar-refractivity contribution in [1.82, 2.24) is 9.97 Å². The average molecular weight is 263 g/mol. The van der Waals surface area contributed by atoms with E-state index in [9.17, 15) is 17.6 Å². The summed E-state index contributed by atoms with van der Waals surface area (Å²) in [6.45, 7) is -0.730. The van der Waals surface area contributed by atoms with Gasteiger partial charge in [-0.1, -0.05) is 0 Å². The van der Waals surface area contributed by atoms with Crippen LogP contribution in [-0.2, 0) is 0 Å². The van der Waals surface area contributed by atoms with Crippen molar-refractivity contribution in [2.45, 2.75) is 12.3 Å². The topological polar surface area (TPSA) is 60.9 Å². The summed E-state index contributed by atoms with van der Waals surface area (Å²) in [7, 11) is 0. The summed E-state index contributed by atoms with van der Waals surface area (Å²) < 4.78 is 49.0. The molecular formula is C10H9F4N3O. The molecular weight excluding hydrogens is 254 g/mol. The normalized spacial score (nSPS) is 13.8. The number of H-pyrrole nitrogens is 1. The van der Waals surface area contributed by atoms with Gasteiger partial charge in [-0.25, -0.2) is 9.37 Å². The molecule has 1 atom stereocenters.